The molecule has 0 spiro atoms. The van der Waals surface area contributed by atoms with Crippen molar-refractivity contribution >= 4 is 6.09 Å². The number of aromatic nitrogens is 3. The largest absolute Gasteiger partial charge is 0.444 e. The summed E-state index contributed by atoms with van der Waals surface area (Å²) in [5.41, 5.74) is -0.539. The lowest BCUT2D eigenvalue weighted by molar-refractivity contribution is 0.0504. The van der Waals surface area contributed by atoms with E-state index in [0.717, 1.165) is 0 Å². The minimum Gasteiger partial charge on any atom is -0.444 e. The molecule has 2 N–H and O–H groups in total. The van der Waals surface area contributed by atoms with E-state index in [1.54, 1.807) is 32.4 Å². The lowest BCUT2D eigenvalue weighted by Crippen LogP contribution is -2.35. The Bertz CT molecular complexity index is 397. The van der Waals surface area contributed by atoms with Crippen LogP contribution in [0.25, 0.3) is 0 Å². The fourth-order valence-electron chi connectivity index (χ4n) is 1.42. The SMILES string of the molecule is C[C@@H](NC(=O)OC(C)(C)C)c1ncnn1CCO. The highest BCUT2D eigenvalue weighted by atomic mass is 16.6. The van der Waals surface area contributed by atoms with Gasteiger partial charge in [-0.25, -0.2) is 14.5 Å². The predicted molar refractivity (Wildman–Crippen MR) is 64.9 cm³/mol. The van der Waals surface area contributed by atoms with E-state index in [0.29, 0.717) is 12.4 Å². The van der Waals surface area contributed by atoms with Crippen molar-refractivity contribution in [3.8, 4) is 0 Å². The number of aliphatic hydroxyl groups is 1. The van der Waals surface area contributed by atoms with E-state index in [1.165, 1.54) is 6.33 Å². The van der Waals surface area contributed by atoms with Crippen LogP contribution in [-0.2, 0) is 11.3 Å². The van der Waals surface area contributed by atoms with E-state index in [2.05, 4.69) is 15.4 Å². The number of aliphatic hydroxyl groups excluding tert-OH is 1. The van der Waals surface area contributed by atoms with Crippen LogP contribution in [-0.4, -0.2) is 38.2 Å². The second kappa shape index (κ2) is 5.81. The maximum Gasteiger partial charge on any atom is 0.408 e. The number of hydrogen-bond donors (Lipinski definition) is 2. The summed E-state index contributed by atoms with van der Waals surface area (Å²) >= 11 is 0. The summed E-state index contributed by atoms with van der Waals surface area (Å²) in [6.45, 7) is 7.48. The summed E-state index contributed by atoms with van der Waals surface area (Å²) in [5, 5.41) is 15.5. The smallest absolute Gasteiger partial charge is 0.408 e. The fourth-order valence-corrected chi connectivity index (χ4v) is 1.42. The molecule has 0 fully saturated rings. The minimum absolute atomic E-state index is 0.0322. The Balaban J connectivity index is 2.62. The first kappa shape index (κ1) is 14.4. The number of nitrogens with zero attached hydrogens (tertiary/aromatic N) is 3. The summed E-state index contributed by atoms with van der Waals surface area (Å²) in [7, 11) is 0. The van der Waals surface area contributed by atoms with Crippen LogP contribution in [0.5, 0.6) is 0 Å². The van der Waals surface area contributed by atoms with Crippen molar-refractivity contribution in [2.45, 2.75) is 45.9 Å². The van der Waals surface area contributed by atoms with E-state index in [-0.39, 0.29) is 12.6 Å². The van der Waals surface area contributed by atoms with Gasteiger partial charge in [-0.1, -0.05) is 0 Å². The molecule has 1 atom stereocenters. The Morgan fingerprint density at radius 2 is 2.28 bits per heavy atom. The third-order valence-electron chi connectivity index (χ3n) is 2.08. The molecular weight excluding hydrogens is 236 g/mol. The zero-order valence-electron chi connectivity index (χ0n) is 11.2. The molecule has 7 nitrogen and oxygen atoms in total. The van der Waals surface area contributed by atoms with Crippen LogP contribution in [0.15, 0.2) is 6.33 Å². The monoisotopic (exact) mass is 256 g/mol. The number of hydrogen-bond acceptors (Lipinski definition) is 5. The number of carbonyl (C=O) groups excluding carboxylic acids is 1. The van der Waals surface area contributed by atoms with Crippen molar-refractivity contribution in [2.24, 2.45) is 0 Å². The van der Waals surface area contributed by atoms with Gasteiger partial charge in [0.2, 0.25) is 0 Å². The number of carbonyl (C=O) groups is 1. The van der Waals surface area contributed by atoms with Crippen LogP contribution in [0.2, 0.25) is 0 Å². The topological polar surface area (TPSA) is 89.3 Å². The Morgan fingerprint density at radius 3 is 2.83 bits per heavy atom. The lowest BCUT2D eigenvalue weighted by atomic mass is 10.2. The van der Waals surface area contributed by atoms with Gasteiger partial charge in [0, 0.05) is 0 Å². The Morgan fingerprint density at radius 1 is 1.61 bits per heavy atom. The van der Waals surface area contributed by atoms with Crippen molar-refractivity contribution in [2.75, 3.05) is 6.61 Å². The highest BCUT2D eigenvalue weighted by molar-refractivity contribution is 5.68. The fraction of sp³-hybridized carbons (Fsp3) is 0.727. The van der Waals surface area contributed by atoms with Gasteiger partial charge in [0.15, 0.2) is 0 Å². The number of nitrogens with one attached hydrogen (secondary N) is 1. The van der Waals surface area contributed by atoms with Crippen LogP contribution in [0, 0.1) is 0 Å². The molecule has 1 rings (SSSR count). The highest BCUT2D eigenvalue weighted by Crippen LogP contribution is 2.11. The first-order valence-corrected chi connectivity index (χ1v) is 5.81. The molecule has 0 aliphatic rings. The summed E-state index contributed by atoms with van der Waals surface area (Å²) in [5.74, 6) is 0.579. The normalized spacial score (nSPS) is 13.2. The van der Waals surface area contributed by atoms with E-state index in [4.69, 9.17) is 9.84 Å². The van der Waals surface area contributed by atoms with Gasteiger partial charge >= 0.3 is 6.09 Å². The van der Waals surface area contributed by atoms with Gasteiger partial charge in [0.05, 0.1) is 19.2 Å². The molecular formula is C11H20N4O3. The molecule has 0 aliphatic heterocycles. The molecule has 1 aromatic rings. The van der Waals surface area contributed by atoms with Gasteiger partial charge in [-0.15, -0.1) is 0 Å². The zero-order chi connectivity index (χ0) is 13.8. The van der Waals surface area contributed by atoms with Crippen molar-refractivity contribution in [1.82, 2.24) is 20.1 Å². The quantitative estimate of drug-likeness (QED) is 0.833. The first-order valence-electron chi connectivity index (χ1n) is 5.81. The summed E-state index contributed by atoms with van der Waals surface area (Å²) in [4.78, 5) is 15.6. The molecule has 7 heteroatoms. The van der Waals surface area contributed by atoms with E-state index in [9.17, 15) is 4.79 Å². The highest BCUT2D eigenvalue weighted by Gasteiger charge is 2.20. The second-order valence-electron chi connectivity index (χ2n) is 4.93. The van der Waals surface area contributed by atoms with Crippen molar-refractivity contribution in [3.05, 3.63) is 12.2 Å². The Hall–Kier alpha value is -1.63. The van der Waals surface area contributed by atoms with Crippen molar-refractivity contribution < 1.29 is 14.6 Å². The molecule has 0 saturated carbocycles. The molecule has 102 valence electrons. The number of rotatable bonds is 4. The average molecular weight is 256 g/mol. The van der Waals surface area contributed by atoms with Gasteiger partial charge in [0.25, 0.3) is 0 Å². The summed E-state index contributed by atoms with van der Waals surface area (Å²) < 4.78 is 6.69. The van der Waals surface area contributed by atoms with Crippen molar-refractivity contribution in [3.63, 3.8) is 0 Å². The van der Waals surface area contributed by atoms with Crippen LogP contribution in [0.1, 0.15) is 39.6 Å². The third kappa shape index (κ3) is 4.33. The van der Waals surface area contributed by atoms with Gasteiger partial charge in [0.1, 0.15) is 17.8 Å². The average Bonchev–Trinajstić information content (AvgIpc) is 2.63. The zero-order valence-corrected chi connectivity index (χ0v) is 11.2. The van der Waals surface area contributed by atoms with Crippen LogP contribution in [0.3, 0.4) is 0 Å². The molecule has 0 aromatic carbocycles. The number of ether oxygens (including phenoxy) is 1. The number of alkyl carbamates (subject to hydrolysis) is 1. The Kier molecular flexibility index (Phi) is 4.66. The first-order chi connectivity index (χ1) is 8.33. The van der Waals surface area contributed by atoms with Crippen LogP contribution in [0.4, 0.5) is 4.79 Å². The predicted octanol–water partition coefficient (Wildman–Crippen LogP) is 0.856. The molecule has 1 heterocycles. The molecule has 1 aromatic heterocycles. The van der Waals surface area contributed by atoms with E-state index >= 15 is 0 Å². The lowest BCUT2D eigenvalue weighted by Gasteiger charge is -2.21. The molecule has 1 amide bonds. The molecule has 0 saturated heterocycles. The molecule has 0 radical (unpaired) electrons. The minimum atomic E-state index is -0.539. The Labute approximate surface area is 106 Å². The molecule has 0 unspecified atom stereocenters. The maximum absolute atomic E-state index is 11.6. The van der Waals surface area contributed by atoms with Gasteiger partial charge in [-0.05, 0) is 27.7 Å². The molecule has 0 aliphatic carbocycles. The van der Waals surface area contributed by atoms with Gasteiger partial charge in [-0.3, -0.25) is 0 Å². The van der Waals surface area contributed by atoms with Crippen molar-refractivity contribution in [1.29, 1.82) is 0 Å². The maximum atomic E-state index is 11.6. The van der Waals surface area contributed by atoms with Gasteiger partial charge in [-0.2, -0.15) is 5.10 Å². The number of amides is 1. The second-order valence-corrected chi connectivity index (χ2v) is 4.93. The summed E-state index contributed by atoms with van der Waals surface area (Å²) in [6.07, 6.45) is 0.881. The van der Waals surface area contributed by atoms with E-state index < -0.39 is 11.7 Å². The standard InChI is InChI=1S/C11H20N4O3/c1-8(14-10(17)18-11(2,3)4)9-12-7-13-15(9)5-6-16/h7-8,16H,5-6H2,1-4H3,(H,14,17)/t8-/m1/s1. The molecule has 0 bridgehead atoms. The van der Waals surface area contributed by atoms with Crippen LogP contribution < -0.4 is 5.32 Å². The third-order valence-corrected chi connectivity index (χ3v) is 2.08. The molecule has 18 heavy (non-hydrogen) atoms. The summed E-state index contributed by atoms with van der Waals surface area (Å²) in [6, 6.07) is -0.339. The van der Waals surface area contributed by atoms with E-state index in [1.807, 2.05) is 0 Å². The van der Waals surface area contributed by atoms with Gasteiger partial charge < -0.3 is 15.2 Å². The van der Waals surface area contributed by atoms with Crippen LogP contribution >= 0.6 is 0 Å².